The van der Waals surface area contributed by atoms with Gasteiger partial charge in [-0.3, -0.25) is 0 Å². The zero-order valence-corrected chi connectivity index (χ0v) is 12.9. The zero-order chi connectivity index (χ0) is 13.8. The van der Waals surface area contributed by atoms with E-state index in [0.29, 0.717) is 11.5 Å². The van der Waals surface area contributed by atoms with Gasteiger partial charge in [0.25, 0.3) is 0 Å². The van der Waals surface area contributed by atoms with Gasteiger partial charge in [-0.25, -0.2) is 0 Å². The average Bonchev–Trinajstić information content (AvgIpc) is 2.24. The second-order valence-corrected chi connectivity index (χ2v) is 6.95. The lowest BCUT2D eigenvalue weighted by molar-refractivity contribution is 0.411. The maximum atomic E-state index is 3.42. The van der Waals surface area contributed by atoms with Gasteiger partial charge < -0.3 is 5.32 Å². The van der Waals surface area contributed by atoms with Crippen LogP contribution in [-0.4, -0.2) is 7.05 Å². The van der Waals surface area contributed by atoms with Gasteiger partial charge in [0.15, 0.2) is 0 Å². The van der Waals surface area contributed by atoms with Crippen molar-refractivity contribution in [2.75, 3.05) is 7.05 Å². The molecule has 0 heterocycles. The quantitative estimate of drug-likeness (QED) is 0.803. The molecule has 0 radical (unpaired) electrons. The first-order valence-electron chi connectivity index (χ1n) is 7.08. The molecule has 0 aliphatic carbocycles. The van der Waals surface area contributed by atoms with Crippen LogP contribution in [0.3, 0.4) is 0 Å². The third-order valence-electron chi connectivity index (χ3n) is 3.17. The summed E-state index contributed by atoms with van der Waals surface area (Å²) in [6, 6.07) is 9.61. The molecule has 0 spiro atoms. The van der Waals surface area contributed by atoms with E-state index in [1.807, 2.05) is 0 Å². The molecule has 0 saturated carbocycles. The van der Waals surface area contributed by atoms with Crippen molar-refractivity contribution in [2.45, 2.75) is 53.5 Å². The Balaban J connectivity index is 2.74. The van der Waals surface area contributed by atoms with E-state index < -0.39 is 0 Å². The number of rotatable bonds is 5. The van der Waals surface area contributed by atoms with Crippen LogP contribution in [0.5, 0.6) is 0 Å². The molecule has 0 aromatic heterocycles. The highest BCUT2D eigenvalue weighted by molar-refractivity contribution is 5.25. The fraction of sp³-hybridized carbons (Fsp3) is 0.647. The van der Waals surface area contributed by atoms with Crippen LogP contribution in [0, 0.1) is 11.3 Å². The van der Waals surface area contributed by atoms with Crippen molar-refractivity contribution in [2.24, 2.45) is 11.3 Å². The number of nitrogens with one attached hydrogen (secondary N) is 1. The summed E-state index contributed by atoms with van der Waals surface area (Å²) in [6.45, 7) is 11.4. The molecule has 0 bridgehead atoms. The topological polar surface area (TPSA) is 12.0 Å². The maximum absolute atomic E-state index is 3.42. The van der Waals surface area contributed by atoms with Gasteiger partial charge in [-0.2, -0.15) is 0 Å². The van der Waals surface area contributed by atoms with Crippen molar-refractivity contribution in [3.8, 4) is 0 Å². The minimum Gasteiger partial charge on any atom is -0.313 e. The minimum atomic E-state index is 0.363. The van der Waals surface area contributed by atoms with Crippen molar-refractivity contribution in [1.82, 2.24) is 5.32 Å². The highest BCUT2D eigenvalue weighted by Crippen LogP contribution is 2.24. The Morgan fingerprint density at radius 1 is 1.06 bits per heavy atom. The van der Waals surface area contributed by atoms with Crippen molar-refractivity contribution in [3.63, 3.8) is 0 Å². The summed E-state index contributed by atoms with van der Waals surface area (Å²) in [6.07, 6.45) is 2.33. The fourth-order valence-corrected chi connectivity index (χ4v) is 2.37. The fourth-order valence-electron chi connectivity index (χ4n) is 2.37. The standard InChI is InChI=1S/C17H29N/c1-13(2)11-16(18-6)15-9-7-14(8-10-15)12-17(3,4)5/h7-10,13,16,18H,11-12H2,1-6H3. The molecule has 1 rings (SSSR count). The smallest absolute Gasteiger partial charge is 0.0319 e. The van der Waals surface area contributed by atoms with Crippen LogP contribution in [0.1, 0.15) is 58.2 Å². The Bertz CT molecular complexity index is 343. The summed E-state index contributed by atoms with van der Waals surface area (Å²) >= 11 is 0. The lowest BCUT2D eigenvalue weighted by atomic mass is 9.87. The van der Waals surface area contributed by atoms with E-state index in [-0.39, 0.29) is 0 Å². The minimum absolute atomic E-state index is 0.363. The Morgan fingerprint density at radius 3 is 2.00 bits per heavy atom. The molecule has 0 fully saturated rings. The Morgan fingerprint density at radius 2 is 1.61 bits per heavy atom. The number of benzene rings is 1. The highest BCUT2D eigenvalue weighted by atomic mass is 14.9. The predicted octanol–water partition coefficient (Wildman–Crippen LogP) is 4.58. The van der Waals surface area contributed by atoms with Gasteiger partial charge in [-0.15, -0.1) is 0 Å². The van der Waals surface area contributed by atoms with Gasteiger partial charge in [0.2, 0.25) is 0 Å². The maximum Gasteiger partial charge on any atom is 0.0319 e. The first-order chi connectivity index (χ1) is 8.31. The van der Waals surface area contributed by atoms with Crippen molar-refractivity contribution in [1.29, 1.82) is 0 Å². The average molecular weight is 247 g/mol. The van der Waals surface area contributed by atoms with Gasteiger partial charge in [-0.1, -0.05) is 58.9 Å². The van der Waals surface area contributed by atoms with E-state index in [4.69, 9.17) is 0 Å². The third kappa shape index (κ3) is 5.22. The van der Waals surface area contributed by atoms with Crippen molar-refractivity contribution >= 4 is 0 Å². The van der Waals surface area contributed by atoms with Crippen molar-refractivity contribution in [3.05, 3.63) is 35.4 Å². The van der Waals surface area contributed by atoms with E-state index in [9.17, 15) is 0 Å². The molecule has 18 heavy (non-hydrogen) atoms. The molecule has 0 aliphatic heterocycles. The third-order valence-corrected chi connectivity index (χ3v) is 3.17. The van der Waals surface area contributed by atoms with Crippen LogP contribution in [0.4, 0.5) is 0 Å². The normalized spacial score (nSPS) is 13.9. The Labute approximate surface area is 113 Å². The van der Waals surface area contributed by atoms with E-state index in [0.717, 1.165) is 12.3 Å². The molecule has 0 aliphatic rings. The highest BCUT2D eigenvalue weighted by Gasteiger charge is 2.13. The lowest BCUT2D eigenvalue weighted by Crippen LogP contribution is -2.18. The lowest BCUT2D eigenvalue weighted by Gasteiger charge is -2.21. The molecule has 102 valence electrons. The van der Waals surface area contributed by atoms with Crippen LogP contribution >= 0.6 is 0 Å². The van der Waals surface area contributed by atoms with Gasteiger partial charge in [0, 0.05) is 6.04 Å². The predicted molar refractivity (Wildman–Crippen MR) is 80.9 cm³/mol. The SMILES string of the molecule is CNC(CC(C)C)c1ccc(CC(C)(C)C)cc1. The zero-order valence-electron chi connectivity index (χ0n) is 12.9. The molecular formula is C17H29N. The molecule has 0 amide bonds. The molecule has 1 unspecified atom stereocenters. The molecule has 1 N–H and O–H groups in total. The van der Waals surface area contributed by atoms with Crippen LogP contribution in [0.2, 0.25) is 0 Å². The van der Waals surface area contributed by atoms with E-state index in [2.05, 4.69) is 71.2 Å². The monoisotopic (exact) mass is 247 g/mol. The summed E-state index contributed by atoms with van der Waals surface area (Å²) in [5.74, 6) is 0.719. The largest absolute Gasteiger partial charge is 0.313 e. The van der Waals surface area contributed by atoms with Crippen molar-refractivity contribution < 1.29 is 0 Å². The number of hydrogen-bond donors (Lipinski definition) is 1. The van der Waals surface area contributed by atoms with E-state index in [1.165, 1.54) is 17.5 Å². The van der Waals surface area contributed by atoms with E-state index in [1.54, 1.807) is 0 Å². The molecular weight excluding hydrogens is 218 g/mol. The first kappa shape index (κ1) is 15.2. The van der Waals surface area contributed by atoms with Crippen LogP contribution in [0.25, 0.3) is 0 Å². The van der Waals surface area contributed by atoms with Gasteiger partial charge in [0.1, 0.15) is 0 Å². The molecule has 1 aromatic rings. The van der Waals surface area contributed by atoms with Crippen LogP contribution < -0.4 is 5.32 Å². The Kier molecular flexibility index (Phi) is 5.40. The van der Waals surface area contributed by atoms with E-state index >= 15 is 0 Å². The molecule has 1 nitrogen and oxygen atoms in total. The molecule has 0 saturated heterocycles. The molecule has 1 aromatic carbocycles. The van der Waals surface area contributed by atoms with Gasteiger partial charge in [-0.05, 0) is 42.3 Å². The summed E-state index contributed by atoms with van der Waals surface area (Å²) in [4.78, 5) is 0. The summed E-state index contributed by atoms with van der Waals surface area (Å²) < 4.78 is 0. The summed E-state index contributed by atoms with van der Waals surface area (Å²) in [7, 11) is 2.05. The second-order valence-electron chi connectivity index (χ2n) is 6.95. The van der Waals surface area contributed by atoms with Gasteiger partial charge >= 0.3 is 0 Å². The molecule has 1 atom stereocenters. The summed E-state index contributed by atoms with van der Waals surface area (Å²) in [5, 5.41) is 3.42. The van der Waals surface area contributed by atoms with Gasteiger partial charge in [0.05, 0.1) is 0 Å². The second kappa shape index (κ2) is 6.38. The summed E-state index contributed by atoms with van der Waals surface area (Å²) in [5.41, 5.74) is 3.21. The van der Waals surface area contributed by atoms with Crippen LogP contribution in [0.15, 0.2) is 24.3 Å². The first-order valence-corrected chi connectivity index (χ1v) is 7.08. The number of hydrogen-bond acceptors (Lipinski definition) is 1. The van der Waals surface area contributed by atoms with Crippen LogP contribution in [-0.2, 0) is 6.42 Å². The molecule has 1 heteroatoms. The Hall–Kier alpha value is -0.820.